The van der Waals surface area contributed by atoms with Crippen LogP contribution in [0.15, 0.2) is 30.3 Å². The van der Waals surface area contributed by atoms with Crippen LogP contribution in [0.5, 0.6) is 0 Å². The maximum Gasteiger partial charge on any atom is 0.457 e. The minimum atomic E-state index is -0.325. The van der Waals surface area contributed by atoms with Gasteiger partial charge in [0.15, 0.2) is 0 Å². The summed E-state index contributed by atoms with van der Waals surface area (Å²) in [4.78, 5) is 11.6. The van der Waals surface area contributed by atoms with Crippen LogP contribution in [0.4, 0.5) is 0 Å². The third-order valence-corrected chi connectivity index (χ3v) is 2.56. The maximum absolute atomic E-state index is 11.6. The molecular weight excluding hydrogens is 219 g/mol. The van der Waals surface area contributed by atoms with Gasteiger partial charge in [-0.2, -0.15) is 0 Å². The molecule has 1 aromatic carbocycles. The van der Waals surface area contributed by atoms with Crippen molar-refractivity contribution in [3.05, 3.63) is 35.9 Å². The predicted octanol–water partition coefficient (Wildman–Crippen LogP) is 1.77. The van der Waals surface area contributed by atoms with Gasteiger partial charge in [-0.15, -0.1) is 0 Å². The minimum Gasteiger partial charge on any atom is -0.459 e. The van der Waals surface area contributed by atoms with Gasteiger partial charge in [-0.25, -0.2) is 4.79 Å². The molecular formula is C12H15BO4. The molecule has 0 bridgehead atoms. The van der Waals surface area contributed by atoms with Gasteiger partial charge in [-0.1, -0.05) is 25.1 Å². The molecule has 0 aromatic heterocycles. The third kappa shape index (κ3) is 3.31. The van der Waals surface area contributed by atoms with E-state index in [1.54, 1.807) is 24.3 Å². The van der Waals surface area contributed by atoms with E-state index >= 15 is 0 Å². The Morgan fingerprint density at radius 2 is 2.24 bits per heavy atom. The van der Waals surface area contributed by atoms with Crippen LogP contribution in [0.2, 0.25) is 6.32 Å². The van der Waals surface area contributed by atoms with Gasteiger partial charge in [0.05, 0.1) is 18.3 Å². The van der Waals surface area contributed by atoms with Crippen molar-refractivity contribution < 1.29 is 18.8 Å². The smallest absolute Gasteiger partial charge is 0.457 e. The molecule has 1 aromatic rings. The highest BCUT2D eigenvalue weighted by Gasteiger charge is 2.30. The lowest BCUT2D eigenvalue weighted by molar-refractivity contribution is 0.0342. The van der Waals surface area contributed by atoms with Crippen LogP contribution in [0.1, 0.15) is 17.3 Å². The lowest BCUT2D eigenvalue weighted by Crippen LogP contribution is -2.22. The number of carbonyl (C=O) groups excluding carboxylic acids is 1. The van der Waals surface area contributed by atoms with E-state index in [1.165, 1.54) is 0 Å². The summed E-state index contributed by atoms with van der Waals surface area (Å²) < 4.78 is 16.0. The molecule has 5 heteroatoms. The van der Waals surface area contributed by atoms with Crippen molar-refractivity contribution in [3.63, 3.8) is 0 Å². The van der Waals surface area contributed by atoms with Crippen LogP contribution in [0.3, 0.4) is 0 Å². The summed E-state index contributed by atoms with van der Waals surface area (Å²) in [5, 5.41) is 0. The number of benzene rings is 1. The van der Waals surface area contributed by atoms with E-state index in [0.717, 1.165) is 6.32 Å². The van der Waals surface area contributed by atoms with Gasteiger partial charge in [0.1, 0.15) is 6.61 Å². The second-order valence-corrected chi connectivity index (χ2v) is 3.89. The van der Waals surface area contributed by atoms with E-state index in [2.05, 4.69) is 0 Å². The number of carbonyl (C=O) groups is 1. The van der Waals surface area contributed by atoms with Crippen molar-refractivity contribution in [2.24, 2.45) is 0 Å². The fourth-order valence-electron chi connectivity index (χ4n) is 1.64. The quantitative estimate of drug-likeness (QED) is 0.588. The number of ether oxygens (including phenoxy) is 1. The topological polar surface area (TPSA) is 44.8 Å². The first-order valence-corrected chi connectivity index (χ1v) is 5.79. The summed E-state index contributed by atoms with van der Waals surface area (Å²) in [5.41, 5.74) is 0.554. The van der Waals surface area contributed by atoms with Gasteiger partial charge in [0.2, 0.25) is 0 Å². The Balaban J connectivity index is 1.78. The second kappa shape index (κ2) is 5.84. The Morgan fingerprint density at radius 3 is 2.88 bits per heavy atom. The highest BCUT2D eigenvalue weighted by molar-refractivity contribution is 6.44. The second-order valence-electron chi connectivity index (χ2n) is 3.89. The monoisotopic (exact) mass is 234 g/mol. The average molecular weight is 234 g/mol. The SMILES string of the molecule is CCB1OCC(COC(=O)c2ccccc2)O1. The Hall–Kier alpha value is -1.33. The van der Waals surface area contributed by atoms with E-state index in [-0.39, 0.29) is 25.8 Å². The first kappa shape index (κ1) is 12.1. The van der Waals surface area contributed by atoms with Crippen LogP contribution in [0, 0.1) is 0 Å². The molecule has 0 radical (unpaired) electrons. The molecule has 17 heavy (non-hydrogen) atoms. The van der Waals surface area contributed by atoms with Crippen molar-refractivity contribution in [2.45, 2.75) is 19.3 Å². The number of esters is 1. The minimum absolute atomic E-state index is 0.146. The Morgan fingerprint density at radius 1 is 1.47 bits per heavy atom. The van der Waals surface area contributed by atoms with Gasteiger partial charge in [-0.05, 0) is 18.5 Å². The van der Waals surface area contributed by atoms with Gasteiger partial charge in [0.25, 0.3) is 0 Å². The van der Waals surface area contributed by atoms with Gasteiger partial charge in [0, 0.05) is 0 Å². The molecule has 2 rings (SSSR count). The standard InChI is InChI=1S/C12H15BO4/c1-2-13-16-9-11(17-13)8-15-12(14)10-6-4-3-5-7-10/h3-7,11H,2,8-9H2,1H3. The zero-order chi connectivity index (χ0) is 12.1. The summed E-state index contributed by atoms with van der Waals surface area (Å²) in [7, 11) is -0.157. The molecule has 0 saturated carbocycles. The van der Waals surface area contributed by atoms with Crippen LogP contribution < -0.4 is 0 Å². The van der Waals surface area contributed by atoms with Crippen molar-refractivity contribution in [2.75, 3.05) is 13.2 Å². The molecule has 0 amide bonds. The maximum atomic E-state index is 11.6. The van der Waals surface area contributed by atoms with Crippen molar-refractivity contribution >= 4 is 13.1 Å². The van der Waals surface area contributed by atoms with E-state index in [4.69, 9.17) is 14.0 Å². The molecule has 1 unspecified atom stereocenters. The molecule has 0 aliphatic carbocycles. The molecule has 1 aliphatic rings. The Labute approximate surface area is 101 Å². The van der Waals surface area contributed by atoms with E-state index in [9.17, 15) is 4.79 Å². The van der Waals surface area contributed by atoms with Crippen LogP contribution >= 0.6 is 0 Å². The average Bonchev–Trinajstić information content (AvgIpc) is 2.85. The predicted molar refractivity (Wildman–Crippen MR) is 63.8 cm³/mol. The zero-order valence-corrected chi connectivity index (χ0v) is 9.80. The van der Waals surface area contributed by atoms with Crippen molar-refractivity contribution in [1.29, 1.82) is 0 Å². The number of hydrogen-bond acceptors (Lipinski definition) is 4. The summed E-state index contributed by atoms with van der Waals surface area (Å²) in [6.45, 7) is 2.72. The van der Waals surface area contributed by atoms with Crippen molar-refractivity contribution in [1.82, 2.24) is 0 Å². The fourth-order valence-corrected chi connectivity index (χ4v) is 1.64. The molecule has 1 aliphatic heterocycles. The van der Waals surface area contributed by atoms with Crippen LogP contribution in [-0.2, 0) is 14.0 Å². The van der Waals surface area contributed by atoms with Crippen LogP contribution in [0.25, 0.3) is 0 Å². The van der Waals surface area contributed by atoms with E-state index in [0.29, 0.717) is 12.2 Å². The molecule has 1 heterocycles. The molecule has 90 valence electrons. The summed E-state index contributed by atoms with van der Waals surface area (Å²) in [6.07, 6.45) is 0.663. The zero-order valence-electron chi connectivity index (χ0n) is 9.80. The lowest BCUT2D eigenvalue weighted by atomic mass is 9.87. The summed E-state index contributed by atoms with van der Waals surface area (Å²) in [6, 6.07) is 8.92. The largest absolute Gasteiger partial charge is 0.459 e. The fraction of sp³-hybridized carbons (Fsp3) is 0.417. The molecule has 1 atom stereocenters. The van der Waals surface area contributed by atoms with Gasteiger partial charge >= 0.3 is 13.1 Å². The number of rotatable bonds is 4. The Kier molecular flexibility index (Phi) is 4.17. The molecule has 1 fully saturated rings. The highest BCUT2D eigenvalue weighted by atomic mass is 16.7. The molecule has 1 saturated heterocycles. The normalized spacial score (nSPS) is 19.4. The van der Waals surface area contributed by atoms with Crippen molar-refractivity contribution in [3.8, 4) is 0 Å². The third-order valence-electron chi connectivity index (χ3n) is 2.56. The molecule has 4 nitrogen and oxygen atoms in total. The first-order valence-electron chi connectivity index (χ1n) is 5.79. The highest BCUT2D eigenvalue weighted by Crippen LogP contribution is 2.12. The molecule has 0 N–H and O–H groups in total. The van der Waals surface area contributed by atoms with Crippen LogP contribution in [-0.4, -0.2) is 32.4 Å². The first-order chi connectivity index (χ1) is 8.29. The van der Waals surface area contributed by atoms with E-state index < -0.39 is 0 Å². The van der Waals surface area contributed by atoms with E-state index in [1.807, 2.05) is 13.0 Å². The Bertz CT molecular complexity index is 368. The number of hydrogen-bond donors (Lipinski definition) is 0. The summed E-state index contributed by atoms with van der Waals surface area (Å²) >= 11 is 0. The van der Waals surface area contributed by atoms with Gasteiger partial charge < -0.3 is 14.0 Å². The summed E-state index contributed by atoms with van der Waals surface area (Å²) in [5.74, 6) is -0.325. The molecule has 0 spiro atoms. The lowest BCUT2D eigenvalue weighted by Gasteiger charge is -2.10. The van der Waals surface area contributed by atoms with Gasteiger partial charge in [-0.3, -0.25) is 0 Å².